The molecule has 0 aromatic heterocycles. The molecule has 0 amide bonds. The number of rotatable bonds is 0. The highest BCUT2D eigenvalue weighted by atomic mass is 16.2. The maximum Gasteiger partial charge on any atom is 0.0402 e. The van der Waals surface area contributed by atoms with E-state index in [0.29, 0.717) is 0 Å². The molecule has 11 nitrogen and oxygen atoms in total. The molecule has 0 spiro atoms. The van der Waals surface area contributed by atoms with Crippen LogP contribution in [-0.4, -0.2) is 66.5 Å². The van der Waals surface area contributed by atoms with E-state index in [-0.39, 0.29) is 61.4 Å². The number of hydrogen-bond donors (Lipinski definition) is 1. The van der Waals surface area contributed by atoms with Crippen LogP contribution in [-0.2, 0) is 0 Å². The second-order valence-corrected chi connectivity index (χ2v) is 0.316. The smallest absolute Gasteiger partial charge is 0.0402 e. The Morgan fingerprint density at radius 1 is 0.538 bits per heavy atom. The Bertz CT molecular complexity index is 8.05. The molecule has 13 heavy (non-hydrogen) atoms. The summed E-state index contributed by atoms with van der Waals surface area (Å²) in [5, 5.41) is 7.57. The van der Waals surface area contributed by atoms with Gasteiger partial charge in [-0.3, -0.25) is 0 Å². The molecule has 0 rings (SSSR count). The van der Waals surface area contributed by atoms with Crippen molar-refractivity contribution >= 4 is 0 Å². The molecule has 0 unspecified atom stereocenters. The van der Waals surface area contributed by atoms with Gasteiger partial charge in [0.15, 0.2) is 0 Å². The van der Waals surface area contributed by atoms with Gasteiger partial charge in [-0.25, -0.2) is 0 Å². The second kappa shape index (κ2) is 4110. The molecule has 0 aliphatic heterocycles. The van der Waals surface area contributed by atoms with Crippen molar-refractivity contribution in [3.63, 3.8) is 0 Å². The van der Waals surface area contributed by atoms with Crippen LogP contribution in [0.3, 0.4) is 0 Å². The molecule has 0 aromatic carbocycles. The molecule has 0 bridgehead atoms. The summed E-state index contributed by atoms with van der Waals surface area (Å²) in [5.41, 5.74) is 0. The van der Waals surface area contributed by atoms with Gasteiger partial charge in [0.25, 0.3) is 0 Å². The molecule has 21 N–H and O–H groups in total. The van der Waals surface area contributed by atoms with Gasteiger partial charge in [-0.05, 0) is 6.92 Å². The van der Waals surface area contributed by atoms with E-state index in [1.807, 2.05) is 0 Å². The van der Waals surface area contributed by atoms with E-state index in [4.69, 9.17) is 5.11 Å². The van der Waals surface area contributed by atoms with Crippen LogP contribution >= 0.6 is 0 Å². The van der Waals surface area contributed by atoms with Gasteiger partial charge in [0.05, 0.1) is 0 Å². The Hall–Kier alpha value is -0.440. The molecule has 0 radical (unpaired) electrons. The van der Waals surface area contributed by atoms with Crippen LogP contribution in [0.2, 0.25) is 0 Å². The first-order chi connectivity index (χ1) is 1.41. The van der Waals surface area contributed by atoms with E-state index in [0.717, 1.165) is 0 Å². The molecule has 0 heterocycles. The molecule has 0 atom stereocenters. The summed E-state index contributed by atoms with van der Waals surface area (Å²) in [7, 11) is 0. The van der Waals surface area contributed by atoms with Gasteiger partial charge in [-0.1, -0.05) is 0 Å². The summed E-state index contributed by atoms with van der Waals surface area (Å²) in [6.07, 6.45) is 0. The van der Waals surface area contributed by atoms with E-state index in [2.05, 4.69) is 0 Å². The molecule has 0 saturated heterocycles. The molecular formula is C2H26O11. The molecule has 0 fully saturated rings. The third kappa shape index (κ3) is 5460. The van der Waals surface area contributed by atoms with Crippen molar-refractivity contribution < 1.29 is 59.9 Å². The molecule has 0 aliphatic rings. The van der Waals surface area contributed by atoms with Gasteiger partial charge in [-0.2, -0.15) is 0 Å². The Balaban J connectivity index is -0.000000000444. The minimum absolute atomic E-state index is 0. The molecule has 0 aromatic rings. The summed E-state index contributed by atoms with van der Waals surface area (Å²) < 4.78 is 0. The maximum absolute atomic E-state index is 7.57. The fraction of sp³-hybridized carbons (Fsp3) is 1.00. The lowest BCUT2D eigenvalue weighted by Crippen LogP contribution is -1.57. The van der Waals surface area contributed by atoms with E-state index in [1.165, 1.54) is 0 Å². The summed E-state index contributed by atoms with van der Waals surface area (Å²) in [6, 6.07) is 0. The van der Waals surface area contributed by atoms with Crippen molar-refractivity contribution in [3.05, 3.63) is 0 Å². The van der Waals surface area contributed by atoms with Crippen LogP contribution < -0.4 is 0 Å². The van der Waals surface area contributed by atoms with E-state index >= 15 is 0 Å². The fourth-order valence-electron chi connectivity index (χ4n) is 0. The number of hydrogen-bond acceptors (Lipinski definition) is 1. The lowest BCUT2D eigenvalue weighted by atomic mass is 10.9. The summed E-state index contributed by atoms with van der Waals surface area (Å²) in [4.78, 5) is 0. The normalized spacial score (nSPS) is 1.38. The van der Waals surface area contributed by atoms with E-state index < -0.39 is 0 Å². The molecule has 0 saturated carbocycles. The Labute approximate surface area is 74.7 Å². The second-order valence-electron chi connectivity index (χ2n) is 0.316. The van der Waals surface area contributed by atoms with Gasteiger partial charge in [0.2, 0.25) is 0 Å². The Kier molecular flexibility index (Phi) is 218000. The third-order valence-electron chi connectivity index (χ3n) is 0. The predicted molar refractivity (Wildman–Crippen MR) is 48.9 cm³/mol. The molecule has 0 aliphatic carbocycles. The zero-order valence-electron chi connectivity index (χ0n) is 7.15. The van der Waals surface area contributed by atoms with Gasteiger partial charge in [-0.15, -0.1) is 0 Å². The quantitative estimate of drug-likeness (QED) is 0.412. The topological polar surface area (TPSA) is 335 Å². The predicted octanol–water partition coefficient (Wildman–Crippen LogP) is -8.25. The first-order valence-electron chi connectivity index (χ1n) is 1.02. The zero-order valence-corrected chi connectivity index (χ0v) is 7.15. The van der Waals surface area contributed by atoms with Gasteiger partial charge >= 0.3 is 0 Å². The van der Waals surface area contributed by atoms with Crippen molar-refractivity contribution in [1.82, 2.24) is 0 Å². The van der Waals surface area contributed by atoms with Crippen LogP contribution in [0.25, 0.3) is 0 Å². The Morgan fingerprint density at radius 3 is 0.538 bits per heavy atom. The largest absolute Gasteiger partial charge is 0.412 e. The molecule has 11 heteroatoms. The van der Waals surface area contributed by atoms with Gasteiger partial charge in [0, 0.05) is 6.61 Å². The minimum Gasteiger partial charge on any atom is -0.412 e. The average molecular weight is 226 g/mol. The van der Waals surface area contributed by atoms with Crippen molar-refractivity contribution in [1.29, 1.82) is 0 Å². The zero-order chi connectivity index (χ0) is 2.71. The van der Waals surface area contributed by atoms with Crippen LogP contribution in [0, 0.1) is 0 Å². The number of aliphatic hydroxyl groups is 1. The van der Waals surface area contributed by atoms with Crippen molar-refractivity contribution in [3.8, 4) is 0 Å². The first kappa shape index (κ1) is 690. The third-order valence-corrected chi connectivity index (χ3v) is 0. The number of aliphatic hydroxyl groups excluding tert-OH is 1. The van der Waals surface area contributed by atoms with E-state index in [1.54, 1.807) is 6.92 Å². The highest BCUT2D eigenvalue weighted by molar-refractivity contribution is 3.84. The molecular weight excluding hydrogens is 200 g/mol. The summed E-state index contributed by atoms with van der Waals surface area (Å²) in [6.45, 7) is 1.93. The van der Waals surface area contributed by atoms with Crippen LogP contribution in [0.1, 0.15) is 6.92 Å². The minimum atomic E-state index is 0. The fourth-order valence-corrected chi connectivity index (χ4v) is 0. The average Bonchev–Trinajstić information content (AvgIpc) is 0.918. The first-order valence-corrected chi connectivity index (χ1v) is 1.02. The summed E-state index contributed by atoms with van der Waals surface area (Å²) in [5.74, 6) is 0. The van der Waals surface area contributed by atoms with Crippen molar-refractivity contribution in [2.24, 2.45) is 0 Å². The highest BCUT2D eigenvalue weighted by Crippen LogP contribution is 1.30. The monoisotopic (exact) mass is 226 g/mol. The Morgan fingerprint density at radius 2 is 0.538 bits per heavy atom. The lowest BCUT2D eigenvalue weighted by Gasteiger charge is -1.52. The highest BCUT2D eigenvalue weighted by Gasteiger charge is 1.34. The van der Waals surface area contributed by atoms with Crippen molar-refractivity contribution in [2.75, 3.05) is 6.61 Å². The van der Waals surface area contributed by atoms with Gasteiger partial charge < -0.3 is 59.9 Å². The van der Waals surface area contributed by atoms with Crippen LogP contribution in [0.5, 0.6) is 0 Å². The lowest BCUT2D eigenvalue weighted by molar-refractivity contribution is 0.318. The standard InChI is InChI=1S/C2H6O.10H2O/c1-2-3;;;;;;;;;;/h3H,2H2,1H3;10*1H2. The van der Waals surface area contributed by atoms with Crippen LogP contribution in [0.4, 0.5) is 0 Å². The van der Waals surface area contributed by atoms with E-state index in [9.17, 15) is 0 Å². The van der Waals surface area contributed by atoms with Gasteiger partial charge in [0.1, 0.15) is 0 Å². The van der Waals surface area contributed by atoms with Crippen LogP contribution in [0.15, 0.2) is 0 Å². The maximum atomic E-state index is 7.57. The summed E-state index contributed by atoms with van der Waals surface area (Å²) >= 11 is 0. The van der Waals surface area contributed by atoms with Crippen molar-refractivity contribution in [2.45, 2.75) is 6.92 Å². The molecule has 100 valence electrons. The SMILES string of the molecule is CCO.O.O.O.O.O.O.O.O.O.O.